The van der Waals surface area contributed by atoms with Gasteiger partial charge in [0.15, 0.2) is 0 Å². The summed E-state index contributed by atoms with van der Waals surface area (Å²) in [6.07, 6.45) is 6.30. The van der Waals surface area contributed by atoms with Crippen LogP contribution in [0.1, 0.15) is 49.8 Å². The van der Waals surface area contributed by atoms with Gasteiger partial charge in [-0.15, -0.1) is 0 Å². The van der Waals surface area contributed by atoms with Crippen LogP contribution < -0.4 is 4.90 Å². The van der Waals surface area contributed by atoms with Crippen molar-refractivity contribution in [1.82, 2.24) is 0 Å². The topological polar surface area (TPSA) is 79.0 Å². The molecule has 1 aromatic rings. The number of fused-ring (bicyclic) bond motifs is 1. The van der Waals surface area contributed by atoms with Gasteiger partial charge in [0.2, 0.25) is 6.04 Å². The molecule has 6 nitrogen and oxygen atoms in total. The van der Waals surface area contributed by atoms with Crippen LogP contribution in [0.15, 0.2) is 17.3 Å². The first-order chi connectivity index (χ1) is 11.1. The maximum atomic E-state index is 10.9. The summed E-state index contributed by atoms with van der Waals surface area (Å²) in [6.45, 7) is 5.76. The lowest BCUT2D eigenvalue weighted by Crippen LogP contribution is -2.23. The molecule has 0 aromatic heterocycles. The Hall–Kier alpha value is -2.11. The molecule has 1 aromatic carbocycles. The van der Waals surface area contributed by atoms with Gasteiger partial charge in [-0.1, -0.05) is 31.0 Å². The predicted octanol–water partition coefficient (Wildman–Crippen LogP) is 3.26. The number of nitrogens with zero attached hydrogens (tertiary/aromatic N) is 3. The molecule has 0 bridgehead atoms. The number of anilines is 1. The zero-order valence-electron chi connectivity index (χ0n) is 13.9. The number of rotatable bonds is 8. The van der Waals surface area contributed by atoms with Crippen LogP contribution in [0.5, 0.6) is 0 Å². The molecule has 0 spiro atoms. The largest absolute Gasteiger partial charge is 0.411 e. The van der Waals surface area contributed by atoms with Crippen molar-refractivity contribution in [2.75, 3.05) is 18.0 Å². The van der Waals surface area contributed by atoms with Crippen molar-refractivity contribution in [1.29, 1.82) is 0 Å². The molecule has 0 radical (unpaired) electrons. The Labute approximate surface area is 136 Å². The van der Waals surface area contributed by atoms with Crippen molar-refractivity contribution in [2.24, 2.45) is 5.16 Å². The van der Waals surface area contributed by atoms with E-state index in [1.165, 1.54) is 24.6 Å². The molecule has 126 valence electrons. The third-order valence-corrected chi connectivity index (χ3v) is 4.36. The third kappa shape index (κ3) is 4.21. The highest BCUT2D eigenvalue weighted by Gasteiger charge is 2.24. The molecule has 1 atom stereocenters. The van der Waals surface area contributed by atoms with Crippen LogP contribution in [0.4, 0.5) is 5.69 Å². The molecular formula is C17H25N3O3. The highest BCUT2D eigenvalue weighted by molar-refractivity contribution is 5.90. The van der Waals surface area contributed by atoms with Crippen LogP contribution in [0.25, 0.3) is 0 Å². The van der Waals surface area contributed by atoms with Gasteiger partial charge in [-0.3, -0.25) is 10.1 Å². The van der Waals surface area contributed by atoms with Crippen LogP contribution in [0.3, 0.4) is 0 Å². The third-order valence-electron chi connectivity index (χ3n) is 4.36. The van der Waals surface area contributed by atoms with Crippen LogP contribution in [0, 0.1) is 10.1 Å². The minimum absolute atomic E-state index is 0.260. The lowest BCUT2D eigenvalue weighted by Gasteiger charge is -2.21. The molecule has 0 aliphatic carbocycles. The maximum Gasteiger partial charge on any atom is 0.214 e. The summed E-state index contributed by atoms with van der Waals surface area (Å²) >= 11 is 0. The highest BCUT2D eigenvalue weighted by atomic mass is 16.6. The zero-order chi connectivity index (χ0) is 16.8. The predicted molar refractivity (Wildman–Crippen MR) is 91.4 cm³/mol. The van der Waals surface area contributed by atoms with E-state index in [1.807, 2.05) is 6.07 Å². The molecule has 0 saturated heterocycles. The van der Waals surface area contributed by atoms with Crippen molar-refractivity contribution in [3.63, 3.8) is 0 Å². The molecule has 1 unspecified atom stereocenters. The quantitative estimate of drug-likeness (QED) is 0.262. The van der Waals surface area contributed by atoms with Gasteiger partial charge in [-0.25, -0.2) is 0 Å². The first kappa shape index (κ1) is 17.2. The first-order valence-corrected chi connectivity index (χ1v) is 8.28. The average Bonchev–Trinajstić information content (AvgIpc) is 2.91. The smallest absolute Gasteiger partial charge is 0.214 e. The van der Waals surface area contributed by atoms with Crippen molar-refractivity contribution >= 4 is 11.9 Å². The summed E-state index contributed by atoms with van der Waals surface area (Å²) in [5, 5.41) is 23.0. The zero-order valence-corrected chi connectivity index (χ0v) is 13.9. The number of hydrogen-bond donors (Lipinski definition) is 1. The molecule has 2 rings (SSSR count). The minimum Gasteiger partial charge on any atom is -0.411 e. The molecule has 1 heterocycles. The fraction of sp³-hybridized carbons (Fsp3) is 0.588. The Kier molecular flexibility index (Phi) is 5.96. The second-order valence-electron chi connectivity index (χ2n) is 6.22. The van der Waals surface area contributed by atoms with Gasteiger partial charge in [-0.2, -0.15) is 0 Å². The fourth-order valence-corrected chi connectivity index (χ4v) is 3.20. The number of oxime groups is 1. The monoisotopic (exact) mass is 319 g/mol. The summed E-state index contributed by atoms with van der Waals surface area (Å²) in [7, 11) is 0. The molecule has 6 heteroatoms. The lowest BCUT2D eigenvalue weighted by atomic mass is 9.99. The summed E-state index contributed by atoms with van der Waals surface area (Å²) in [5.74, 6) is 0. The molecule has 1 aliphatic rings. The molecular weight excluding hydrogens is 294 g/mol. The van der Waals surface area contributed by atoms with Crippen molar-refractivity contribution in [3.05, 3.63) is 38.9 Å². The van der Waals surface area contributed by atoms with E-state index in [4.69, 9.17) is 5.21 Å². The van der Waals surface area contributed by atoms with Gasteiger partial charge in [0, 0.05) is 42.6 Å². The van der Waals surface area contributed by atoms with E-state index >= 15 is 0 Å². The van der Waals surface area contributed by atoms with Crippen molar-refractivity contribution in [3.8, 4) is 0 Å². The molecule has 1 N–H and O–H groups in total. The van der Waals surface area contributed by atoms with E-state index < -0.39 is 6.04 Å². The molecule has 0 saturated carbocycles. The van der Waals surface area contributed by atoms with Gasteiger partial charge in [0.05, 0.1) is 6.21 Å². The summed E-state index contributed by atoms with van der Waals surface area (Å²) in [4.78, 5) is 13.0. The number of nitro groups is 1. The standard InChI is InChI=1S/C17H25N3O3/c1-3-4-5-7-19-8-6-15-10-14(9-13(2)20(22)23)11-16(12-18-21)17(15)19/h10-13,21H,3-9H2,1-2H3/b18-12+. The van der Waals surface area contributed by atoms with Crippen LogP contribution in [-0.4, -0.2) is 35.5 Å². The van der Waals surface area contributed by atoms with E-state index in [1.54, 1.807) is 6.92 Å². The number of hydrogen-bond acceptors (Lipinski definition) is 5. The summed E-state index contributed by atoms with van der Waals surface area (Å²) in [5.41, 5.74) is 4.10. The van der Waals surface area contributed by atoms with Gasteiger partial charge < -0.3 is 10.1 Å². The average molecular weight is 319 g/mol. The SMILES string of the molecule is CCCCCN1CCc2cc(CC(C)[N+](=O)[O-])cc(/C=N/O)c21. The second kappa shape index (κ2) is 7.94. The highest BCUT2D eigenvalue weighted by Crippen LogP contribution is 2.33. The van der Waals surface area contributed by atoms with Gasteiger partial charge in [0.1, 0.15) is 0 Å². The Balaban J connectivity index is 2.26. The van der Waals surface area contributed by atoms with Crippen molar-refractivity contribution in [2.45, 2.75) is 52.0 Å². The van der Waals surface area contributed by atoms with Crippen molar-refractivity contribution < 1.29 is 10.1 Å². The Morgan fingerprint density at radius 1 is 1.48 bits per heavy atom. The molecule has 1 aliphatic heterocycles. The van der Waals surface area contributed by atoms with E-state index in [0.717, 1.165) is 42.7 Å². The first-order valence-electron chi connectivity index (χ1n) is 8.28. The van der Waals surface area contributed by atoms with Gasteiger partial charge in [-0.05, 0) is 30.0 Å². The Morgan fingerprint density at radius 2 is 2.26 bits per heavy atom. The Bertz CT molecular complexity index is 587. The summed E-state index contributed by atoms with van der Waals surface area (Å²) in [6, 6.07) is 3.37. The maximum absolute atomic E-state index is 10.9. The van der Waals surface area contributed by atoms with E-state index in [-0.39, 0.29) is 4.92 Å². The minimum atomic E-state index is -0.617. The second-order valence-corrected chi connectivity index (χ2v) is 6.22. The normalized spacial score (nSPS) is 15.1. The summed E-state index contributed by atoms with van der Waals surface area (Å²) < 4.78 is 0. The van der Waals surface area contributed by atoms with Crippen LogP contribution in [-0.2, 0) is 12.8 Å². The van der Waals surface area contributed by atoms with Crippen LogP contribution >= 0.6 is 0 Å². The molecule has 0 amide bonds. The van der Waals surface area contributed by atoms with E-state index in [0.29, 0.717) is 6.42 Å². The lowest BCUT2D eigenvalue weighted by molar-refractivity contribution is -0.517. The molecule has 23 heavy (non-hydrogen) atoms. The number of benzene rings is 1. The van der Waals surface area contributed by atoms with E-state index in [2.05, 4.69) is 23.0 Å². The number of unbranched alkanes of at least 4 members (excludes halogenated alkanes) is 2. The van der Waals surface area contributed by atoms with Gasteiger partial charge in [0.25, 0.3) is 0 Å². The van der Waals surface area contributed by atoms with E-state index in [9.17, 15) is 10.1 Å². The van der Waals surface area contributed by atoms with Crippen LogP contribution in [0.2, 0.25) is 0 Å². The fourth-order valence-electron chi connectivity index (χ4n) is 3.20. The Morgan fingerprint density at radius 3 is 2.91 bits per heavy atom. The van der Waals surface area contributed by atoms with Gasteiger partial charge >= 0.3 is 0 Å². The molecule has 0 fully saturated rings.